The number of aryl methyl sites for hydroxylation is 1. The molecular formula is C10H8BrClFN3. The number of anilines is 1. The van der Waals surface area contributed by atoms with E-state index in [0.717, 1.165) is 0 Å². The first-order valence-corrected chi connectivity index (χ1v) is 5.60. The Balaban J connectivity index is 2.56. The lowest BCUT2D eigenvalue weighted by Gasteiger charge is -2.01. The number of halogens is 3. The maximum atomic E-state index is 13.4. The van der Waals surface area contributed by atoms with Crippen LogP contribution in [-0.2, 0) is 7.05 Å². The van der Waals surface area contributed by atoms with Crippen LogP contribution < -0.4 is 5.73 Å². The van der Waals surface area contributed by atoms with Gasteiger partial charge in [-0.25, -0.2) is 4.39 Å². The molecule has 0 saturated heterocycles. The van der Waals surface area contributed by atoms with Crippen LogP contribution in [0.2, 0.25) is 5.02 Å². The molecule has 0 spiro atoms. The van der Waals surface area contributed by atoms with Gasteiger partial charge in [0, 0.05) is 18.7 Å². The Hall–Kier alpha value is -1.07. The van der Waals surface area contributed by atoms with Crippen LogP contribution in [0.4, 0.5) is 10.2 Å². The van der Waals surface area contributed by atoms with Crippen molar-refractivity contribution >= 4 is 33.3 Å². The van der Waals surface area contributed by atoms with Crippen molar-refractivity contribution in [2.45, 2.75) is 0 Å². The van der Waals surface area contributed by atoms with Gasteiger partial charge in [0.1, 0.15) is 11.6 Å². The first-order chi connectivity index (χ1) is 7.49. The average molecular weight is 305 g/mol. The van der Waals surface area contributed by atoms with E-state index < -0.39 is 5.82 Å². The van der Waals surface area contributed by atoms with Gasteiger partial charge in [-0.05, 0) is 28.1 Å². The van der Waals surface area contributed by atoms with Crippen molar-refractivity contribution in [2.75, 3.05) is 5.73 Å². The van der Waals surface area contributed by atoms with Crippen LogP contribution in [0.25, 0.3) is 11.3 Å². The maximum Gasteiger partial charge on any atom is 0.139 e. The summed E-state index contributed by atoms with van der Waals surface area (Å²) in [6, 6.07) is 4.66. The highest BCUT2D eigenvalue weighted by atomic mass is 79.9. The van der Waals surface area contributed by atoms with Crippen LogP contribution in [-0.4, -0.2) is 9.78 Å². The number of rotatable bonds is 1. The highest BCUT2D eigenvalue weighted by Crippen LogP contribution is 2.31. The predicted octanol–water partition coefficient (Wildman–Crippen LogP) is 3.22. The average Bonchev–Trinajstić information content (AvgIpc) is 2.55. The van der Waals surface area contributed by atoms with E-state index in [-0.39, 0.29) is 4.47 Å². The van der Waals surface area contributed by atoms with E-state index >= 15 is 0 Å². The molecule has 0 aliphatic rings. The molecule has 16 heavy (non-hydrogen) atoms. The molecule has 0 unspecified atom stereocenters. The van der Waals surface area contributed by atoms with E-state index in [4.69, 9.17) is 17.3 Å². The molecule has 0 fully saturated rings. The van der Waals surface area contributed by atoms with Gasteiger partial charge in [0.2, 0.25) is 0 Å². The van der Waals surface area contributed by atoms with Gasteiger partial charge in [-0.2, -0.15) is 5.10 Å². The van der Waals surface area contributed by atoms with Gasteiger partial charge < -0.3 is 5.73 Å². The molecule has 0 saturated carbocycles. The third kappa shape index (κ3) is 1.92. The second kappa shape index (κ2) is 4.07. The molecule has 3 nitrogen and oxygen atoms in total. The number of hydrogen-bond donors (Lipinski definition) is 1. The first-order valence-electron chi connectivity index (χ1n) is 4.43. The van der Waals surface area contributed by atoms with E-state index in [1.165, 1.54) is 10.7 Å². The monoisotopic (exact) mass is 303 g/mol. The third-order valence-corrected chi connectivity index (χ3v) is 3.53. The lowest BCUT2D eigenvalue weighted by Crippen LogP contribution is -1.96. The lowest BCUT2D eigenvalue weighted by atomic mass is 10.1. The topological polar surface area (TPSA) is 43.8 Å². The highest BCUT2D eigenvalue weighted by molar-refractivity contribution is 9.10. The van der Waals surface area contributed by atoms with Crippen LogP contribution in [0.3, 0.4) is 0 Å². The number of nitrogens with two attached hydrogens (primary N) is 1. The lowest BCUT2D eigenvalue weighted by molar-refractivity contribution is 0.621. The van der Waals surface area contributed by atoms with Crippen LogP contribution in [0.5, 0.6) is 0 Å². The second-order valence-electron chi connectivity index (χ2n) is 3.33. The molecule has 6 heteroatoms. The van der Waals surface area contributed by atoms with Gasteiger partial charge >= 0.3 is 0 Å². The van der Waals surface area contributed by atoms with E-state index in [2.05, 4.69) is 21.0 Å². The molecule has 1 heterocycles. The Morgan fingerprint density at radius 3 is 2.62 bits per heavy atom. The van der Waals surface area contributed by atoms with E-state index in [9.17, 15) is 4.39 Å². The largest absolute Gasteiger partial charge is 0.384 e. The zero-order valence-electron chi connectivity index (χ0n) is 8.34. The zero-order valence-corrected chi connectivity index (χ0v) is 10.7. The fourth-order valence-electron chi connectivity index (χ4n) is 1.33. The van der Waals surface area contributed by atoms with Crippen molar-refractivity contribution in [3.63, 3.8) is 0 Å². The summed E-state index contributed by atoms with van der Waals surface area (Å²) in [5, 5.41) is 4.45. The van der Waals surface area contributed by atoms with Gasteiger partial charge in [0.15, 0.2) is 0 Å². The quantitative estimate of drug-likeness (QED) is 0.822. The molecule has 0 radical (unpaired) electrons. The molecular weight excluding hydrogens is 296 g/mol. The number of benzene rings is 1. The molecule has 0 aliphatic heterocycles. The summed E-state index contributed by atoms with van der Waals surface area (Å²) in [6.45, 7) is 0. The SMILES string of the molecule is Cn1nc(-c2cc(F)c(Br)c(Cl)c2)cc1N. The van der Waals surface area contributed by atoms with Crippen molar-refractivity contribution in [3.05, 3.63) is 33.5 Å². The Bertz CT molecular complexity index is 510. The Kier molecular flexibility index (Phi) is 2.90. The van der Waals surface area contributed by atoms with Crippen molar-refractivity contribution < 1.29 is 4.39 Å². The molecule has 0 atom stereocenters. The van der Waals surface area contributed by atoms with Gasteiger partial charge in [-0.15, -0.1) is 0 Å². The van der Waals surface area contributed by atoms with Crippen molar-refractivity contribution in [2.24, 2.45) is 7.05 Å². The predicted molar refractivity (Wildman–Crippen MR) is 65.7 cm³/mol. The Labute approximate surface area is 105 Å². The second-order valence-corrected chi connectivity index (χ2v) is 4.53. The Morgan fingerprint density at radius 2 is 2.12 bits per heavy atom. The number of nitrogens with zero attached hydrogens (tertiary/aromatic N) is 2. The fourth-order valence-corrected chi connectivity index (χ4v) is 1.76. The number of hydrogen-bond acceptors (Lipinski definition) is 2. The summed E-state index contributed by atoms with van der Waals surface area (Å²) in [6.07, 6.45) is 0. The molecule has 2 N–H and O–H groups in total. The molecule has 0 aliphatic carbocycles. The third-order valence-electron chi connectivity index (χ3n) is 2.20. The molecule has 2 aromatic rings. The van der Waals surface area contributed by atoms with Crippen molar-refractivity contribution in [1.82, 2.24) is 9.78 Å². The molecule has 2 rings (SSSR count). The number of nitrogen functional groups attached to an aromatic ring is 1. The molecule has 1 aromatic carbocycles. The fraction of sp³-hybridized carbons (Fsp3) is 0.100. The standard InChI is InChI=1S/C10H8BrClFN3/c1-16-9(14)4-8(15-16)5-2-6(12)10(11)7(13)3-5/h2-4H,14H2,1H3. The summed E-state index contributed by atoms with van der Waals surface area (Å²) in [5.74, 6) is 0.0844. The normalized spacial score (nSPS) is 10.8. The van der Waals surface area contributed by atoms with Crippen LogP contribution in [0.15, 0.2) is 22.7 Å². The smallest absolute Gasteiger partial charge is 0.139 e. The van der Waals surface area contributed by atoms with Crippen molar-refractivity contribution in [1.29, 1.82) is 0 Å². The van der Waals surface area contributed by atoms with E-state index in [1.54, 1.807) is 19.2 Å². The van der Waals surface area contributed by atoms with Crippen molar-refractivity contribution in [3.8, 4) is 11.3 Å². The summed E-state index contributed by atoms with van der Waals surface area (Å²) >= 11 is 8.91. The highest BCUT2D eigenvalue weighted by Gasteiger charge is 2.11. The van der Waals surface area contributed by atoms with Gasteiger partial charge in [0.25, 0.3) is 0 Å². The maximum absolute atomic E-state index is 13.4. The van der Waals surface area contributed by atoms with Gasteiger partial charge in [-0.1, -0.05) is 11.6 Å². The molecule has 0 amide bonds. The molecule has 84 valence electrons. The number of aromatic nitrogens is 2. The van der Waals surface area contributed by atoms with Gasteiger partial charge in [0.05, 0.1) is 15.2 Å². The van der Waals surface area contributed by atoms with Crippen LogP contribution >= 0.6 is 27.5 Å². The first kappa shape index (κ1) is 11.4. The zero-order chi connectivity index (χ0) is 11.9. The van der Waals surface area contributed by atoms with Crippen LogP contribution in [0, 0.1) is 5.82 Å². The summed E-state index contributed by atoms with van der Waals surface area (Å²) in [7, 11) is 1.72. The molecule has 1 aromatic heterocycles. The minimum absolute atomic E-state index is 0.252. The summed E-state index contributed by atoms with van der Waals surface area (Å²) in [4.78, 5) is 0. The minimum atomic E-state index is -0.424. The van der Waals surface area contributed by atoms with E-state index in [1.807, 2.05) is 0 Å². The van der Waals surface area contributed by atoms with Gasteiger partial charge in [-0.3, -0.25) is 4.68 Å². The minimum Gasteiger partial charge on any atom is -0.384 e. The van der Waals surface area contributed by atoms with E-state index in [0.29, 0.717) is 22.1 Å². The molecule has 0 bridgehead atoms. The summed E-state index contributed by atoms with van der Waals surface area (Å²) in [5.41, 5.74) is 6.83. The van der Waals surface area contributed by atoms with Crippen LogP contribution in [0.1, 0.15) is 0 Å². The Morgan fingerprint density at radius 1 is 1.44 bits per heavy atom. The summed E-state index contributed by atoms with van der Waals surface area (Å²) < 4.78 is 15.2.